The fourth-order valence-corrected chi connectivity index (χ4v) is 4.80. The third-order valence-corrected chi connectivity index (χ3v) is 6.27. The molecule has 27 heavy (non-hydrogen) atoms. The Balaban J connectivity index is 2.05. The molecule has 0 radical (unpaired) electrons. The first kappa shape index (κ1) is 19.8. The number of carbonyl (C=O) groups excluding carboxylic acids is 1. The largest absolute Gasteiger partial charge is 0.444 e. The van der Waals surface area contributed by atoms with Gasteiger partial charge in [0.1, 0.15) is 27.9 Å². The Morgan fingerprint density at radius 2 is 2.15 bits per heavy atom. The first-order valence-electron chi connectivity index (χ1n) is 8.71. The van der Waals surface area contributed by atoms with E-state index >= 15 is 0 Å². The van der Waals surface area contributed by atoms with E-state index in [9.17, 15) is 13.4 Å². The Kier molecular flexibility index (Phi) is 5.27. The second-order valence-electron chi connectivity index (χ2n) is 7.57. The summed E-state index contributed by atoms with van der Waals surface area (Å²) in [5, 5.41) is 2.09. The summed E-state index contributed by atoms with van der Waals surface area (Å²) in [7, 11) is 0.0428. The topological polar surface area (TPSA) is 80.2 Å². The van der Waals surface area contributed by atoms with Crippen molar-refractivity contribution in [2.24, 2.45) is 4.99 Å². The van der Waals surface area contributed by atoms with Crippen molar-refractivity contribution in [2.75, 3.05) is 20.3 Å². The van der Waals surface area contributed by atoms with Crippen LogP contribution in [-0.4, -0.2) is 51.7 Å². The molecule has 1 amide bonds. The predicted molar refractivity (Wildman–Crippen MR) is 100 cm³/mol. The van der Waals surface area contributed by atoms with E-state index in [-0.39, 0.29) is 12.6 Å². The lowest BCUT2D eigenvalue weighted by atomic mass is 9.84. The van der Waals surface area contributed by atoms with E-state index in [1.807, 2.05) is 0 Å². The van der Waals surface area contributed by atoms with Crippen molar-refractivity contribution in [1.82, 2.24) is 9.62 Å². The minimum absolute atomic E-state index is 0.0626. The zero-order valence-corrected chi connectivity index (χ0v) is 16.6. The van der Waals surface area contributed by atoms with Gasteiger partial charge in [0.05, 0.1) is 11.9 Å². The Morgan fingerprint density at radius 3 is 2.81 bits per heavy atom. The van der Waals surface area contributed by atoms with Gasteiger partial charge in [-0.05, 0) is 33.3 Å². The van der Waals surface area contributed by atoms with Gasteiger partial charge < -0.3 is 9.47 Å². The van der Waals surface area contributed by atoms with Crippen LogP contribution in [0.1, 0.15) is 32.8 Å². The van der Waals surface area contributed by atoms with Gasteiger partial charge in [-0.15, -0.1) is 0 Å². The highest BCUT2D eigenvalue weighted by molar-refractivity contribution is 7.84. The third kappa shape index (κ3) is 3.84. The van der Waals surface area contributed by atoms with E-state index in [4.69, 9.17) is 9.47 Å². The second-order valence-corrected chi connectivity index (χ2v) is 9.24. The van der Waals surface area contributed by atoms with Crippen LogP contribution in [0.25, 0.3) is 0 Å². The molecule has 0 bridgehead atoms. The normalized spacial score (nSPS) is 28.2. The highest BCUT2D eigenvalue weighted by Crippen LogP contribution is 2.42. The third-order valence-electron chi connectivity index (χ3n) is 4.45. The van der Waals surface area contributed by atoms with Gasteiger partial charge in [-0.25, -0.2) is 18.4 Å². The lowest BCUT2D eigenvalue weighted by Gasteiger charge is -2.46. The van der Waals surface area contributed by atoms with Gasteiger partial charge in [0.2, 0.25) is 5.96 Å². The number of benzene rings is 1. The molecule has 2 aliphatic rings. The van der Waals surface area contributed by atoms with Gasteiger partial charge in [-0.1, -0.05) is 18.2 Å². The summed E-state index contributed by atoms with van der Waals surface area (Å²) in [5.41, 5.74) is -1.57. The molecule has 2 aliphatic heterocycles. The Labute approximate surface area is 160 Å². The van der Waals surface area contributed by atoms with Crippen LogP contribution in [0.3, 0.4) is 0 Å². The molecule has 3 unspecified atom stereocenters. The average Bonchev–Trinajstić information content (AvgIpc) is 2.58. The number of amides is 1. The first-order chi connectivity index (χ1) is 12.6. The van der Waals surface area contributed by atoms with E-state index in [0.717, 1.165) is 0 Å². The minimum atomic E-state index is -1.53. The van der Waals surface area contributed by atoms with Gasteiger partial charge in [-0.2, -0.15) is 0 Å². The summed E-state index contributed by atoms with van der Waals surface area (Å²) in [6, 6.07) is 6.25. The lowest BCUT2D eigenvalue weighted by Crippen LogP contribution is -2.60. The lowest BCUT2D eigenvalue weighted by molar-refractivity contribution is 0.0366. The van der Waals surface area contributed by atoms with Gasteiger partial charge in [-0.3, -0.25) is 9.62 Å². The van der Waals surface area contributed by atoms with Gasteiger partial charge >= 0.3 is 6.09 Å². The molecular formula is C18H24FN3O4S. The van der Waals surface area contributed by atoms with Crippen molar-refractivity contribution < 1.29 is 22.9 Å². The Hall–Kier alpha value is -2.00. The SMILES string of the molecule is CN1C(NC(=O)OC(C)(C)C)=NC2(c3ccccc3F)COCCC2S1=O. The number of fused-ring (bicyclic) bond motifs is 1. The molecule has 7 nitrogen and oxygen atoms in total. The zero-order chi connectivity index (χ0) is 19.8. The number of carbonyl (C=O) groups is 1. The molecule has 2 heterocycles. The molecule has 0 aromatic heterocycles. The molecule has 148 valence electrons. The molecule has 9 heteroatoms. The van der Waals surface area contributed by atoms with Crippen molar-refractivity contribution in [2.45, 2.75) is 43.6 Å². The fraction of sp³-hybridized carbons (Fsp3) is 0.556. The Morgan fingerprint density at radius 1 is 1.44 bits per heavy atom. The summed E-state index contributed by atoms with van der Waals surface area (Å²) in [6.45, 7) is 5.72. The number of hydrogen-bond acceptors (Lipinski definition) is 5. The number of nitrogens with zero attached hydrogens (tertiary/aromatic N) is 2. The van der Waals surface area contributed by atoms with Crippen molar-refractivity contribution in [3.63, 3.8) is 0 Å². The van der Waals surface area contributed by atoms with Crippen molar-refractivity contribution in [3.05, 3.63) is 35.6 Å². The second kappa shape index (κ2) is 7.20. The van der Waals surface area contributed by atoms with Crippen LogP contribution >= 0.6 is 0 Å². The predicted octanol–water partition coefficient (Wildman–Crippen LogP) is 2.30. The van der Waals surface area contributed by atoms with Crippen molar-refractivity contribution in [3.8, 4) is 0 Å². The number of rotatable bonds is 1. The molecule has 1 aromatic carbocycles. The maximum Gasteiger partial charge on any atom is 0.414 e. The molecular weight excluding hydrogens is 373 g/mol. The molecule has 0 spiro atoms. The summed E-state index contributed by atoms with van der Waals surface area (Å²) < 4.78 is 40.0. The smallest absolute Gasteiger partial charge is 0.414 e. The van der Waals surface area contributed by atoms with Crippen molar-refractivity contribution in [1.29, 1.82) is 0 Å². The zero-order valence-electron chi connectivity index (χ0n) is 15.8. The molecule has 1 saturated heterocycles. The molecule has 0 saturated carbocycles. The number of nitrogens with one attached hydrogen (secondary N) is 1. The van der Waals surface area contributed by atoms with Crippen LogP contribution < -0.4 is 5.32 Å². The van der Waals surface area contributed by atoms with E-state index < -0.39 is 39.3 Å². The molecule has 3 rings (SSSR count). The molecule has 1 fully saturated rings. The number of guanidine groups is 1. The molecule has 0 aliphatic carbocycles. The Bertz CT molecular complexity index is 795. The highest BCUT2D eigenvalue weighted by Gasteiger charge is 2.52. The number of ether oxygens (including phenoxy) is 2. The minimum Gasteiger partial charge on any atom is -0.444 e. The van der Waals surface area contributed by atoms with E-state index in [2.05, 4.69) is 10.3 Å². The van der Waals surface area contributed by atoms with E-state index in [0.29, 0.717) is 18.6 Å². The maximum absolute atomic E-state index is 14.6. The van der Waals surface area contributed by atoms with Crippen LogP contribution in [0, 0.1) is 5.82 Å². The van der Waals surface area contributed by atoms with Crippen LogP contribution in [0.5, 0.6) is 0 Å². The van der Waals surface area contributed by atoms with E-state index in [1.54, 1.807) is 46.0 Å². The van der Waals surface area contributed by atoms with Crippen LogP contribution in [-0.2, 0) is 26.0 Å². The summed E-state index contributed by atoms with van der Waals surface area (Å²) in [6.07, 6.45) is -0.252. The van der Waals surface area contributed by atoms with Crippen LogP contribution in [0.15, 0.2) is 29.3 Å². The standard InChI is InChI=1S/C18H24FN3O4S/c1-17(2,3)26-16(23)20-15-21-18(12-7-5-6-8-13(12)19)11-25-10-9-14(18)27(24)22(15)4/h5-8,14H,9-11H2,1-4H3,(H,20,21,23). The van der Waals surface area contributed by atoms with Crippen LogP contribution in [0.2, 0.25) is 0 Å². The van der Waals surface area contributed by atoms with Gasteiger partial charge in [0.15, 0.2) is 0 Å². The fourth-order valence-electron chi connectivity index (χ4n) is 3.28. The maximum atomic E-state index is 14.6. The number of hydrogen-bond donors (Lipinski definition) is 1. The molecule has 1 N–H and O–H groups in total. The summed E-state index contributed by atoms with van der Waals surface area (Å²) >= 11 is 0. The highest BCUT2D eigenvalue weighted by atomic mass is 32.2. The van der Waals surface area contributed by atoms with Crippen molar-refractivity contribution >= 4 is 23.0 Å². The molecule has 3 atom stereocenters. The average molecular weight is 397 g/mol. The summed E-state index contributed by atoms with van der Waals surface area (Å²) in [4.78, 5) is 16.8. The summed E-state index contributed by atoms with van der Waals surface area (Å²) in [5.74, 6) is -0.387. The number of aliphatic imine (C=N–C) groups is 1. The first-order valence-corrected chi connectivity index (χ1v) is 9.88. The quantitative estimate of drug-likeness (QED) is 0.789. The van der Waals surface area contributed by atoms with Gasteiger partial charge in [0.25, 0.3) is 0 Å². The molecule has 1 aromatic rings. The van der Waals surface area contributed by atoms with Gasteiger partial charge in [0, 0.05) is 19.2 Å². The van der Waals surface area contributed by atoms with Crippen LogP contribution in [0.4, 0.5) is 9.18 Å². The number of alkyl carbamates (subject to hydrolysis) is 1. The van der Waals surface area contributed by atoms with E-state index in [1.165, 1.54) is 10.4 Å². The monoisotopic (exact) mass is 397 g/mol. The number of halogens is 1.